The summed E-state index contributed by atoms with van der Waals surface area (Å²) in [6.45, 7) is 4.15. The van der Waals surface area contributed by atoms with Crippen molar-refractivity contribution in [2.45, 2.75) is 52.0 Å². The zero-order valence-electron chi connectivity index (χ0n) is 12.0. The van der Waals surface area contributed by atoms with Gasteiger partial charge in [0.05, 0.1) is 0 Å². The van der Waals surface area contributed by atoms with E-state index in [0.29, 0.717) is 11.6 Å². The van der Waals surface area contributed by atoms with Crippen LogP contribution in [0.15, 0.2) is 6.20 Å². The summed E-state index contributed by atoms with van der Waals surface area (Å²) in [7, 11) is 0. The Morgan fingerprint density at radius 2 is 2.25 bits per heavy atom. The van der Waals surface area contributed by atoms with Gasteiger partial charge in [0.15, 0.2) is 5.13 Å². The van der Waals surface area contributed by atoms with E-state index in [1.54, 1.807) is 11.1 Å². The largest absolute Gasteiger partial charge is 0.330 e. The van der Waals surface area contributed by atoms with Crippen molar-refractivity contribution < 1.29 is 9.59 Å². The van der Waals surface area contributed by atoms with Gasteiger partial charge in [0.2, 0.25) is 11.8 Å². The van der Waals surface area contributed by atoms with Crippen LogP contribution in [-0.2, 0) is 9.59 Å². The van der Waals surface area contributed by atoms with Gasteiger partial charge in [-0.1, -0.05) is 13.3 Å². The number of carbonyl (C=O) groups excluding carboxylic acids is 2. The molecule has 1 heterocycles. The number of anilines is 1. The second kappa shape index (κ2) is 6.83. The summed E-state index contributed by atoms with van der Waals surface area (Å²) in [4.78, 5) is 31.0. The number of carbonyl (C=O) groups is 2. The lowest BCUT2D eigenvalue weighted by atomic mass is 10.2. The maximum absolute atomic E-state index is 12.1. The highest BCUT2D eigenvalue weighted by atomic mass is 32.1. The number of hydrogen-bond donors (Lipinski definition) is 1. The monoisotopic (exact) mass is 295 g/mol. The van der Waals surface area contributed by atoms with Gasteiger partial charge in [-0.15, -0.1) is 11.3 Å². The molecule has 0 saturated heterocycles. The molecule has 1 aromatic heterocycles. The molecular formula is C14H21N3O2S. The van der Waals surface area contributed by atoms with Gasteiger partial charge in [-0.05, 0) is 26.2 Å². The predicted octanol–water partition coefficient (Wildman–Crippen LogP) is 2.57. The molecule has 20 heavy (non-hydrogen) atoms. The third kappa shape index (κ3) is 4.30. The Morgan fingerprint density at radius 3 is 2.80 bits per heavy atom. The summed E-state index contributed by atoms with van der Waals surface area (Å²) in [5, 5.41) is 3.36. The van der Waals surface area contributed by atoms with Gasteiger partial charge < -0.3 is 10.2 Å². The summed E-state index contributed by atoms with van der Waals surface area (Å²) in [5.41, 5.74) is 0. The normalized spacial score (nSPS) is 14.1. The summed E-state index contributed by atoms with van der Waals surface area (Å²) in [6, 6.07) is 0.267. The second-order valence-electron chi connectivity index (χ2n) is 5.18. The van der Waals surface area contributed by atoms with Gasteiger partial charge in [-0.2, -0.15) is 0 Å². The number of rotatable bonds is 7. The van der Waals surface area contributed by atoms with E-state index in [4.69, 9.17) is 0 Å². The first-order valence-corrected chi connectivity index (χ1v) is 7.93. The van der Waals surface area contributed by atoms with Crippen LogP contribution in [0.25, 0.3) is 0 Å². The first-order chi connectivity index (χ1) is 9.60. The van der Waals surface area contributed by atoms with Crippen LogP contribution in [0.1, 0.15) is 43.9 Å². The van der Waals surface area contributed by atoms with Crippen LogP contribution in [0.5, 0.6) is 0 Å². The Bertz CT molecular complexity index is 483. The molecule has 5 nitrogen and oxygen atoms in total. The van der Waals surface area contributed by atoms with Crippen LogP contribution >= 0.6 is 11.3 Å². The highest BCUT2D eigenvalue weighted by molar-refractivity contribution is 7.15. The van der Waals surface area contributed by atoms with Gasteiger partial charge in [-0.3, -0.25) is 9.59 Å². The fourth-order valence-electron chi connectivity index (χ4n) is 2.00. The van der Waals surface area contributed by atoms with E-state index in [0.717, 1.165) is 30.6 Å². The molecule has 1 aromatic rings. The number of nitrogens with zero attached hydrogens (tertiary/aromatic N) is 2. The number of unbranched alkanes of at least 4 members (excludes halogenated alkanes) is 1. The van der Waals surface area contributed by atoms with Crippen molar-refractivity contribution in [3.05, 3.63) is 11.1 Å². The van der Waals surface area contributed by atoms with Crippen LogP contribution < -0.4 is 5.32 Å². The standard InChI is InChI=1S/C14H21N3O2S/c1-3-4-5-13(19)17(11-6-7-11)9-12(18)16-14-15-8-10(2)20-14/h8,11H,3-7,9H2,1-2H3,(H,15,16,18). The van der Waals surface area contributed by atoms with Gasteiger partial charge in [0, 0.05) is 23.5 Å². The molecule has 0 aliphatic heterocycles. The van der Waals surface area contributed by atoms with Crippen molar-refractivity contribution in [3.63, 3.8) is 0 Å². The molecule has 0 aromatic carbocycles. The zero-order valence-corrected chi connectivity index (χ0v) is 12.8. The molecule has 1 saturated carbocycles. The van der Waals surface area contributed by atoms with Crippen molar-refractivity contribution in [2.75, 3.05) is 11.9 Å². The van der Waals surface area contributed by atoms with Gasteiger partial charge >= 0.3 is 0 Å². The molecule has 2 amide bonds. The van der Waals surface area contributed by atoms with Crippen molar-refractivity contribution in [1.82, 2.24) is 9.88 Å². The first-order valence-electron chi connectivity index (χ1n) is 7.12. The molecule has 1 aliphatic carbocycles. The van der Waals surface area contributed by atoms with Crippen LogP contribution in [0.2, 0.25) is 0 Å². The van der Waals surface area contributed by atoms with E-state index in [-0.39, 0.29) is 24.4 Å². The Hall–Kier alpha value is -1.43. The lowest BCUT2D eigenvalue weighted by Gasteiger charge is -2.21. The molecule has 0 atom stereocenters. The number of thiazole rings is 1. The molecule has 0 radical (unpaired) electrons. The molecule has 1 N–H and O–H groups in total. The Labute approximate surface area is 123 Å². The Morgan fingerprint density at radius 1 is 1.50 bits per heavy atom. The Balaban J connectivity index is 1.87. The lowest BCUT2D eigenvalue weighted by Crippen LogP contribution is -2.39. The zero-order chi connectivity index (χ0) is 14.5. The summed E-state index contributed by atoms with van der Waals surface area (Å²) in [6.07, 6.45) is 6.18. The molecule has 1 fully saturated rings. The molecule has 6 heteroatoms. The maximum Gasteiger partial charge on any atom is 0.245 e. The number of amides is 2. The van der Waals surface area contributed by atoms with Crippen LogP contribution in [0.3, 0.4) is 0 Å². The summed E-state index contributed by atoms with van der Waals surface area (Å²) < 4.78 is 0. The van der Waals surface area contributed by atoms with Crippen LogP contribution in [-0.4, -0.2) is 34.3 Å². The van der Waals surface area contributed by atoms with Gasteiger partial charge in [0.25, 0.3) is 0 Å². The number of aryl methyl sites for hydroxylation is 1. The fraction of sp³-hybridized carbons (Fsp3) is 0.643. The highest BCUT2D eigenvalue weighted by Crippen LogP contribution is 2.27. The minimum atomic E-state index is -0.156. The quantitative estimate of drug-likeness (QED) is 0.841. The van der Waals surface area contributed by atoms with Gasteiger partial charge in [0.1, 0.15) is 6.54 Å². The molecular weight excluding hydrogens is 274 g/mol. The van der Waals surface area contributed by atoms with E-state index in [1.807, 2.05) is 6.92 Å². The third-order valence-corrected chi connectivity index (χ3v) is 4.06. The smallest absolute Gasteiger partial charge is 0.245 e. The van der Waals surface area contributed by atoms with E-state index in [2.05, 4.69) is 17.2 Å². The number of aromatic nitrogens is 1. The van der Waals surface area contributed by atoms with Crippen molar-refractivity contribution in [3.8, 4) is 0 Å². The number of nitrogens with one attached hydrogen (secondary N) is 1. The molecule has 1 aliphatic rings. The molecule has 0 unspecified atom stereocenters. The van der Waals surface area contributed by atoms with E-state index >= 15 is 0 Å². The minimum absolute atomic E-state index is 0.0971. The third-order valence-electron chi connectivity index (χ3n) is 3.23. The van der Waals surface area contributed by atoms with E-state index in [1.165, 1.54) is 11.3 Å². The lowest BCUT2D eigenvalue weighted by molar-refractivity contribution is -0.135. The molecule has 2 rings (SSSR count). The fourth-order valence-corrected chi connectivity index (χ4v) is 2.69. The van der Waals surface area contributed by atoms with Crippen molar-refractivity contribution in [2.24, 2.45) is 0 Å². The summed E-state index contributed by atoms with van der Waals surface area (Å²) in [5.74, 6) is -0.0593. The molecule has 0 bridgehead atoms. The minimum Gasteiger partial charge on any atom is -0.330 e. The van der Waals surface area contributed by atoms with E-state index < -0.39 is 0 Å². The maximum atomic E-state index is 12.1. The molecule has 110 valence electrons. The predicted molar refractivity (Wildman–Crippen MR) is 79.7 cm³/mol. The first kappa shape index (κ1) is 15.0. The second-order valence-corrected chi connectivity index (χ2v) is 6.42. The Kier molecular flexibility index (Phi) is 5.11. The average Bonchev–Trinajstić information content (AvgIpc) is 3.17. The van der Waals surface area contributed by atoms with Crippen LogP contribution in [0.4, 0.5) is 5.13 Å². The SMILES string of the molecule is CCCCC(=O)N(CC(=O)Nc1ncc(C)s1)C1CC1. The average molecular weight is 295 g/mol. The van der Waals surface area contributed by atoms with Crippen molar-refractivity contribution >= 4 is 28.3 Å². The van der Waals surface area contributed by atoms with Crippen molar-refractivity contribution in [1.29, 1.82) is 0 Å². The number of hydrogen-bond acceptors (Lipinski definition) is 4. The highest BCUT2D eigenvalue weighted by Gasteiger charge is 2.33. The van der Waals surface area contributed by atoms with E-state index in [9.17, 15) is 9.59 Å². The van der Waals surface area contributed by atoms with Crippen LogP contribution in [0, 0.1) is 6.92 Å². The molecule has 0 spiro atoms. The summed E-state index contributed by atoms with van der Waals surface area (Å²) >= 11 is 1.44. The topological polar surface area (TPSA) is 62.3 Å². The van der Waals surface area contributed by atoms with Gasteiger partial charge in [-0.25, -0.2) is 4.98 Å².